The maximum Gasteiger partial charge on any atom is 0.134 e. The van der Waals surface area contributed by atoms with Crippen LogP contribution in [0.3, 0.4) is 0 Å². The molecule has 0 spiro atoms. The molecule has 0 bridgehead atoms. The Morgan fingerprint density at radius 3 is 3.00 bits per heavy atom. The van der Waals surface area contributed by atoms with Crippen molar-refractivity contribution in [2.45, 2.75) is 45.6 Å². The van der Waals surface area contributed by atoms with E-state index in [1.54, 1.807) is 6.33 Å². The largest absolute Gasteiger partial charge is 0.370 e. The zero-order valence-corrected chi connectivity index (χ0v) is 10.8. The number of aromatic nitrogens is 2. The Bertz CT molecular complexity index is 353. The van der Waals surface area contributed by atoms with Gasteiger partial charge in [-0.3, -0.25) is 0 Å². The normalized spacial score (nSPS) is 20.4. The average molecular weight is 234 g/mol. The molecule has 94 valence electrons. The Hall–Kier alpha value is -1.32. The van der Waals surface area contributed by atoms with Crippen LogP contribution in [0.2, 0.25) is 0 Å². The Balaban J connectivity index is 2.16. The lowest BCUT2D eigenvalue weighted by molar-refractivity contribution is 0.446. The van der Waals surface area contributed by atoms with Gasteiger partial charge in [0.25, 0.3) is 0 Å². The summed E-state index contributed by atoms with van der Waals surface area (Å²) in [6, 6.07) is 2.71. The molecule has 0 amide bonds. The van der Waals surface area contributed by atoms with Gasteiger partial charge in [-0.25, -0.2) is 9.97 Å². The predicted octanol–water partition coefficient (Wildman–Crippen LogP) is 2.68. The lowest BCUT2D eigenvalue weighted by atomic mass is 10.0. The fraction of sp³-hybridized carbons (Fsp3) is 0.692. The molecule has 1 fully saturated rings. The molecule has 0 saturated carbocycles. The Morgan fingerprint density at radius 2 is 2.24 bits per heavy atom. The molecule has 1 N–H and O–H groups in total. The summed E-state index contributed by atoms with van der Waals surface area (Å²) in [5.74, 6) is 2.00. The van der Waals surface area contributed by atoms with E-state index in [-0.39, 0.29) is 0 Å². The highest BCUT2D eigenvalue weighted by atomic mass is 15.2. The quantitative estimate of drug-likeness (QED) is 0.869. The monoisotopic (exact) mass is 234 g/mol. The summed E-state index contributed by atoms with van der Waals surface area (Å²) in [5.41, 5.74) is 0. The molecule has 1 aliphatic heterocycles. The van der Waals surface area contributed by atoms with Crippen molar-refractivity contribution in [2.75, 3.05) is 23.3 Å². The molecule has 4 nitrogen and oxygen atoms in total. The number of hydrogen-bond donors (Lipinski definition) is 1. The highest BCUT2D eigenvalue weighted by Crippen LogP contribution is 2.25. The van der Waals surface area contributed by atoms with Gasteiger partial charge in [0.15, 0.2) is 0 Å². The van der Waals surface area contributed by atoms with Gasteiger partial charge in [-0.2, -0.15) is 0 Å². The van der Waals surface area contributed by atoms with Crippen LogP contribution in [0.5, 0.6) is 0 Å². The van der Waals surface area contributed by atoms with E-state index in [9.17, 15) is 0 Å². The number of anilines is 2. The first-order valence-corrected chi connectivity index (χ1v) is 6.67. The third-order valence-corrected chi connectivity index (χ3v) is 3.40. The van der Waals surface area contributed by atoms with Crippen LogP contribution in [-0.2, 0) is 0 Å². The van der Waals surface area contributed by atoms with Gasteiger partial charge in [-0.1, -0.05) is 6.92 Å². The van der Waals surface area contributed by atoms with Gasteiger partial charge >= 0.3 is 0 Å². The molecule has 2 heterocycles. The molecule has 0 aromatic carbocycles. The maximum absolute atomic E-state index is 4.42. The second kappa shape index (κ2) is 5.84. The number of nitrogens with one attached hydrogen (secondary N) is 1. The zero-order chi connectivity index (χ0) is 12.1. The van der Waals surface area contributed by atoms with E-state index in [4.69, 9.17) is 0 Å². The van der Waals surface area contributed by atoms with E-state index < -0.39 is 0 Å². The Kier molecular flexibility index (Phi) is 4.18. The van der Waals surface area contributed by atoms with Crippen molar-refractivity contribution in [2.24, 2.45) is 0 Å². The summed E-state index contributed by atoms with van der Waals surface area (Å²) in [4.78, 5) is 11.1. The summed E-state index contributed by atoms with van der Waals surface area (Å²) in [6.45, 7) is 6.36. The van der Waals surface area contributed by atoms with Gasteiger partial charge in [-0.05, 0) is 32.6 Å². The average Bonchev–Trinajstić information content (AvgIpc) is 2.39. The van der Waals surface area contributed by atoms with Gasteiger partial charge in [0, 0.05) is 25.2 Å². The van der Waals surface area contributed by atoms with Crippen LogP contribution in [0.1, 0.15) is 39.5 Å². The van der Waals surface area contributed by atoms with Crippen molar-refractivity contribution in [1.82, 2.24) is 9.97 Å². The minimum Gasteiger partial charge on any atom is -0.370 e. The Labute approximate surface area is 103 Å². The standard InChI is InChI=1S/C13H22N4/c1-3-11-7-5-6-8-17(11)13-9-12(14-4-2)15-10-16-13/h9-11H,3-8H2,1-2H3,(H,14,15,16). The van der Waals surface area contributed by atoms with E-state index in [1.165, 1.54) is 25.7 Å². The fourth-order valence-electron chi connectivity index (χ4n) is 2.51. The van der Waals surface area contributed by atoms with Crippen LogP contribution in [0, 0.1) is 0 Å². The topological polar surface area (TPSA) is 41.0 Å². The van der Waals surface area contributed by atoms with E-state index in [0.717, 1.165) is 24.7 Å². The van der Waals surface area contributed by atoms with Gasteiger partial charge in [0.05, 0.1) is 0 Å². The van der Waals surface area contributed by atoms with E-state index in [0.29, 0.717) is 6.04 Å². The first-order valence-electron chi connectivity index (χ1n) is 6.67. The number of hydrogen-bond acceptors (Lipinski definition) is 4. The van der Waals surface area contributed by atoms with E-state index >= 15 is 0 Å². The van der Waals surface area contributed by atoms with Crippen molar-refractivity contribution >= 4 is 11.6 Å². The van der Waals surface area contributed by atoms with Gasteiger partial charge in [-0.15, -0.1) is 0 Å². The van der Waals surface area contributed by atoms with Gasteiger partial charge < -0.3 is 10.2 Å². The fourth-order valence-corrected chi connectivity index (χ4v) is 2.51. The van der Waals surface area contributed by atoms with Crippen LogP contribution >= 0.6 is 0 Å². The first kappa shape index (κ1) is 12.1. The van der Waals surface area contributed by atoms with Crippen LogP contribution < -0.4 is 10.2 Å². The second-order valence-corrected chi connectivity index (χ2v) is 4.54. The van der Waals surface area contributed by atoms with Crippen LogP contribution in [0.15, 0.2) is 12.4 Å². The molecule has 1 aromatic rings. The molecular formula is C13H22N4. The number of rotatable bonds is 4. The van der Waals surface area contributed by atoms with E-state index in [1.807, 2.05) is 0 Å². The minimum absolute atomic E-state index is 0.646. The number of nitrogens with zero attached hydrogens (tertiary/aromatic N) is 3. The molecule has 1 aliphatic rings. The van der Waals surface area contributed by atoms with Crippen molar-refractivity contribution in [3.63, 3.8) is 0 Å². The molecule has 0 aliphatic carbocycles. The molecule has 17 heavy (non-hydrogen) atoms. The molecule has 0 radical (unpaired) electrons. The highest BCUT2D eigenvalue weighted by Gasteiger charge is 2.22. The molecule has 1 unspecified atom stereocenters. The third-order valence-electron chi connectivity index (χ3n) is 3.40. The van der Waals surface area contributed by atoms with Crippen LogP contribution in [-0.4, -0.2) is 29.1 Å². The van der Waals surface area contributed by atoms with Crippen LogP contribution in [0.25, 0.3) is 0 Å². The first-order chi connectivity index (χ1) is 8.35. The summed E-state index contributed by atoms with van der Waals surface area (Å²) in [7, 11) is 0. The third kappa shape index (κ3) is 2.87. The van der Waals surface area contributed by atoms with Crippen molar-refractivity contribution in [3.05, 3.63) is 12.4 Å². The molecular weight excluding hydrogens is 212 g/mol. The summed E-state index contributed by atoms with van der Waals surface area (Å²) in [6.07, 6.45) is 6.77. The molecule has 1 aromatic heterocycles. The number of piperidine rings is 1. The van der Waals surface area contributed by atoms with Crippen LogP contribution in [0.4, 0.5) is 11.6 Å². The van der Waals surface area contributed by atoms with Crippen molar-refractivity contribution in [1.29, 1.82) is 0 Å². The summed E-state index contributed by atoms with van der Waals surface area (Å²) in [5, 5.41) is 3.24. The SMILES string of the molecule is CCNc1cc(N2CCCCC2CC)ncn1. The lowest BCUT2D eigenvalue weighted by Gasteiger charge is -2.36. The summed E-state index contributed by atoms with van der Waals surface area (Å²) < 4.78 is 0. The molecule has 1 saturated heterocycles. The lowest BCUT2D eigenvalue weighted by Crippen LogP contribution is -2.39. The smallest absolute Gasteiger partial charge is 0.134 e. The maximum atomic E-state index is 4.42. The predicted molar refractivity (Wildman–Crippen MR) is 71.5 cm³/mol. The van der Waals surface area contributed by atoms with Gasteiger partial charge in [0.2, 0.25) is 0 Å². The summed E-state index contributed by atoms with van der Waals surface area (Å²) >= 11 is 0. The zero-order valence-electron chi connectivity index (χ0n) is 10.8. The molecule has 4 heteroatoms. The highest BCUT2D eigenvalue weighted by molar-refractivity contribution is 5.49. The molecule has 2 rings (SSSR count). The Morgan fingerprint density at radius 1 is 1.35 bits per heavy atom. The van der Waals surface area contributed by atoms with Crippen molar-refractivity contribution in [3.8, 4) is 0 Å². The minimum atomic E-state index is 0.646. The molecule has 1 atom stereocenters. The van der Waals surface area contributed by atoms with Crippen molar-refractivity contribution < 1.29 is 0 Å². The van der Waals surface area contributed by atoms with Gasteiger partial charge in [0.1, 0.15) is 18.0 Å². The van der Waals surface area contributed by atoms with E-state index in [2.05, 4.69) is 40.1 Å². The second-order valence-electron chi connectivity index (χ2n) is 4.54.